The maximum atomic E-state index is 13.1. The van der Waals surface area contributed by atoms with Crippen LogP contribution < -0.4 is 5.73 Å². The number of nitrogens with zero attached hydrogens (tertiary/aromatic N) is 3. The molecular formula is C12H12ClFN4O2. The van der Waals surface area contributed by atoms with Crippen LogP contribution in [0, 0.1) is 22.9 Å². The van der Waals surface area contributed by atoms with Crippen LogP contribution in [0.3, 0.4) is 0 Å². The van der Waals surface area contributed by atoms with Crippen molar-refractivity contribution in [1.29, 1.82) is 0 Å². The predicted octanol–water partition coefficient (Wildman–Crippen LogP) is 3.08. The van der Waals surface area contributed by atoms with Gasteiger partial charge in [0.15, 0.2) is 0 Å². The Hall–Kier alpha value is -2.15. The number of anilines is 1. The van der Waals surface area contributed by atoms with Crippen molar-refractivity contribution < 1.29 is 9.31 Å². The fraction of sp³-hybridized carbons (Fsp3) is 0.250. The number of benzene rings is 1. The van der Waals surface area contributed by atoms with Crippen LogP contribution in [-0.4, -0.2) is 14.7 Å². The minimum atomic E-state index is -0.571. The van der Waals surface area contributed by atoms with Gasteiger partial charge in [-0.3, -0.25) is 10.1 Å². The van der Waals surface area contributed by atoms with Crippen LogP contribution in [0.2, 0.25) is 5.02 Å². The number of aromatic nitrogens is 2. The van der Waals surface area contributed by atoms with Gasteiger partial charge in [0.05, 0.1) is 16.0 Å². The van der Waals surface area contributed by atoms with Gasteiger partial charge in [0.1, 0.15) is 11.5 Å². The molecule has 0 fully saturated rings. The number of hydrogen-bond acceptors (Lipinski definition) is 4. The fourth-order valence-corrected chi connectivity index (χ4v) is 2.18. The number of rotatable bonds is 3. The van der Waals surface area contributed by atoms with Crippen molar-refractivity contribution in [3.8, 4) is 0 Å². The minimum Gasteiger partial charge on any atom is -0.378 e. The number of nitrogen functional groups attached to an aromatic ring is 1. The van der Waals surface area contributed by atoms with E-state index in [4.69, 9.17) is 17.3 Å². The van der Waals surface area contributed by atoms with E-state index in [2.05, 4.69) is 5.10 Å². The molecule has 1 atom stereocenters. The van der Waals surface area contributed by atoms with Crippen molar-refractivity contribution >= 4 is 23.1 Å². The van der Waals surface area contributed by atoms with Crippen LogP contribution in [0.25, 0.3) is 0 Å². The van der Waals surface area contributed by atoms with Crippen molar-refractivity contribution in [2.75, 3.05) is 5.73 Å². The zero-order chi connectivity index (χ0) is 15.0. The smallest absolute Gasteiger partial charge is 0.333 e. The highest BCUT2D eigenvalue weighted by molar-refractivity contribution is 6.30. The van der Waals surface area contributed by atoms with E-state index < -0.39 is 16.8 Å². The van der Waals surface area contributed by atoms with Gasteiger partial charge >= 0.3 is 5.69 Å². The van der Waals surface area contributed by atoms with Gasteiger partial charge in [0.25, 0.3) is 0 Å². The summed E-state index contributed by atoms with van der Waals surface area (Å²) in [6, 6.07) is 3.81. The monoisotopic (exact) mass is 298 g/mol. The first-order chi connectivity index (χ1) is 9.32. The number of hydrogen-bond donors (Lipinski definition) is 1. The van der Waals surface area contributed by atoms with Crippen molar-refractivity contribution in [2.24, 2.45) is 0 Å². The zero-order valence-corrected chi connectivity index (χ0v) is 11.6. The van der Waals surface area contributed by atoms with E-state index in [9.17, 15) is 14.5 Å². The maximum absolute atomic E-state index is 13.1. The summed E-state index contributed by atoms with van der Waals surface area (Å²) in [4.78, 5) is 10.3. The summed E-state index contributed by atoms with van der Waals surface area (Å²) >= 11 is 5.73. The molecule has 0 amide bonds. The van der Waals surface area contributed by atoms with Gasteiger partial charge in [-0.25, -0.2) is 9.07 Å². The lowest BCUT2D eigenvalue weighted by atomic mass is 10.1. The Morgan fingerprint density at radius 2 is 2.20 bits per heavy atom. The molecular weight excluding hydrogens is 287 g/mol. The first-order valence-corrected chi connectivity index (χ1v) is 6.14. The molecule has 0 saturated heterocycles. The van der Waals surface area contributed by atoms with Crippen molar-refractivity contribution in [3.63, 3.8) is 0 Å². The first kappa shape index (κ1) is 14.3. The number of nitrogens with two attached hydrogens (primary N) is 1. The van der Waals surface area contributed by atoms with E-state index in [0.717, 1.165) is 0 Å². The summed E-state index contributed by atoms with van der Waals surface area (Å²) in [5, 5.41) is 15.0. The van der Waals surface area contributed by atoms with Crippen molar-refractivity contribution in [2.45, 2.75) is 19.9 Å². The topological polar surface area (TPSA) is 87.0 Å². The third-order valence-electron chi connectivity index (χ3n) is 3.07. The summed E-state index contributed by atoms with van der Waals surface area (Å²) < 4.78 is 14.5. The van der Waals surface area contributed by atoms with E-state index in [1.54, 1.807) is 6.92 Å². The van der Waals surface area contributed by atoms with Crippen molar-refractivity contribution in [1.82, 2.24) is 9.78 Å². The molecule has 0 spiro atoms. The quantitative estimate of drug-likeness (QED) is 0.697. The normalized spacial score (nSPS) is 12.4. The average molecular weight is 299 g/mol. The summed E-state index contributed by atoms with van der Waals surface area (Å²) in [6.07, 6.45) is 0. The van der Waals surface area contributed by atoms with Gasteiger partial charge < -0.3 is 5.73 Å². The van der Waals surface area contributed by atoms with E-state index >= 15 is 0 Å². The molecule has 2 rings (SSSR count). The van der Waals surface area contributed by atoms with Gasteiger partial charge in [-0.15, -0.1) is 0 Å². The highest BCUT2D eigenvalue weighted by Crippen LogP contribution is 2.31. The lowest BCUT2D eigenvalue weighted by Gasteiger charge is -2.14. The second-order valence-corrected chi connectivity index (χ2v) is 4.78. The minimum absolute atomic E-state index is 0.0219. The summed E-state index contributed by atoms with van der Waals surface area (Å²) in [5.41, 5.74) is 6.43. The van der Waals surface area contributed by atoms with Gasteiger partial charge in [0.2, 0.25) is 5.82 Å². The van der Waals surface area contributed by atoms with Crippen LogP contribution in [0.5, 0.6) is 0 Å². The molecule has 1 aromatic carbocycles. The van der Waals surface area contributed by atoms with Crippen molar-refractivity contribution in [3.05, 3.63) is 50.4 Å². The molecule has 0 radical (unpaired) electrons. The molecule has 2 N–H and O–H groups in total. The molecule has 1 aromatic heterocycles. The Bertz CT molecular complexity index is 686. The van der Waals surface area contributed by atoms with Crippen LogP contribution >= 0.6 is 11.6 Å². The second kappa shape index (κ2) is 5.09. The highest BCUT2D eigenvalue weighted by Gasteiger charge is 2.25. The zero-order valence-electron chi connectivity index (χ0n) is 10.8. The molecule has 0 bridgehead atoms. The Morgan fingerprint density at radius 3 is 2.70 bits per heavy atom. The first-order valence-electron chi connectivity index (χ1n) is 5.76. The molecule has 20 heavy (non-hydrogen) atoms. The molecule has 0 aliphatic rings. The molecule has 0 aliphatic carbocycles. The predicted molar refractivity (Wildman–Crippen MR) is 73.3 cm³/mol. The summed E-state index contributed by atoms with van der Waals surface area (Å²) in [7, 11) is 0. The maximum Gasteiger partial charge on any atom is 0.333 e. The molecule has 6 nitrogen and oxygen atoms in total. The molecule has 0 saturated carbocycles. The van der Waals surface area contributed by atoms with Gasteiger partial charge in [0, 0.05) is 0 Å². The third kappa shape index (κ3) is 2.32. The van der Waals surface area contributed by atoms with Crippen LogP contribution in [0.4, 0.5) is 15.9 Å². The lowest BCUT2D eigenvalue weighted by Crippen LogP contribution is -2.12. The summed E-state index contributed by atoms with van der Waals surface area (Å²) in [6.45, 7) is 3.26. The molecule has 1 unspecified atom stereocenters. The van der Waals surface area contributed by atoms with Gasteiger partial charge in [-0.05, 0) is 31.5 Å². The standard InChI is InChI=1S/C12H12ClFN4O2/c1-6-11(18(19)20)12(15)17(16-6)7(2)8-3-4-10(14)9(13)5-8/h3-5,7H,15H2,1-2H3. The SMILES string of the molecule is Cc1nn(C(C)c2ccc(F)c(Cl)c2)c(N)c1[N+](=O)[O-]. The molecule has 106 valence electrons. The van der Waals surface area contributed by atoms with E-state index in [1.165, 1.54) is 29.8 Å². The second-order valence-electron chi connectivity index (χ2n) is 4.37. The highest BCUT2D eigenvalue weighted by atomic mass is 35.5. The van der Waals surface area contributed by atoms with Gasteiger partial charge in [-0.1, -0.05) is 17.7 Å². The van der Waals surface area contributed by atoms with E-state index in [1.807, 2.05) is 0 Å². The Kier molecular flexibility index (Phi) is 3.63. The van der Waals surface area contributed by atoms with Crippen LogP contribution in [-0.2, 0) is 0 Å². The lowest BCUT2D eigenvalue weighted by molar-refractivity contribution is -0.384. The molecule has 8 heteroatoms. The summed E-state index contributed by atoms with van der Waals surface area (Å²) in [5.74, 6) is -0.571. The van der Waals surface area contributed by atoms with Crippen LogP contribution in [0.15, 0.2) is 18.2 Å². The number of aryl methyl sites for hydroxylation is 1. The van der Waals surface area contributed by atoms with E-state index in [-0.39, 0.29) is 22.2 Å². The Labute approximate surface area is 119 Å². The largest absolute Gasteiger partial charge is 0.378 e. The molecule has 1 heterocycles. The van der Waals surface area contributed by atoms with Gasteiger partial charge in [-0.2, -0.15) is 5.10 Å². The average Bonchev–Trinajstić information content (AvgIpc) is 2.67. The third-order valence-corrected chi connectivity index (χ3v) is 3.36. The number of halogens is 2. The van der Waals surface area contributed by atoms with Crippen LogP contribution in [0.1, 0.15) is 24.2 Å². The number of nitro groups is 1. The Morgan fingerprint density at radius 1 is 1.55 bits per heavy atom. The Balaban J connectivity index is 2.48. The molecule has 2 aromatic rings. The van der Waals surface area contributed by atoms with E-state index in [0.29, 0.717) is 5.56 Å². The fourth-order valence-electron chi connectivity index (χ4n) is 1.99. The molecule has 0 aliphatic heterocycles.